The summed E-state index contributed by atoms with van der Waals surface area (Å²) in [6, 6.07) is 19.3. The van der Waals surface area contributed by atoms with Gasteiger partial charge in [0.2, 0.25) is 5.91 Å². The first kappa shape index (κ1) is 20.7. The van der Waals surface area contributed by atoms with Gasteiger partial charge in [0.05, 0.1) is 0 Å². The minimum atomic E-state index is -0.309. The van der Waals surface area contributed by atoms with Crippen LogP contribution in [0.15, 0.2) is 72.4 Å². The van der Waals surface area contributed by atoms with E-state index >= 15 is 0 Å². The zero-order chi connectivity index (χ0) is 22.0. The van der Waals surface area contributed by atoms with Gasteiger partial charge in [0.1, 0.15) is 5.70 Å². The van der Waals surface area contributed by atoms with Crippen LogP contribution in [0.25, 0.3) is 12.2 Å². The van der Waals surface area contributed by atoms with Gasteiger partial charge in [-0.15, -0.1) is 0 Å². The van der Waals surface area contributed by atoms with Crippen molar-refractivity contribution in [3.8, 4) is 0 Å². The van der Waals surface area contributed by atoms with Crippen molar-refractivity contribution in [1.82, 2.24) is 10.6 Å². The van der Waals surface area contributed by atoms with Crippen molar-refractivity contribution in [3.05, 3.63) is 83.6 Å². The Labute approximate surface area is 189 Å². The first-order valence-corrected chi connectivity index (χ1v) is 11.7. The highest BCUT2D eigenvalue weighted by Gasteiger charge is 2.51. The second-order valence-electron chi connectivity index (χ2n) is 9.85. The van der Waals surface area contributed by atoms with Crippen LogP contribution < -0.4 is 10.6 Å². The van der Waals surface area contributed by atoms with Gasteiger partial charge in [0.15, 0.2) is 0 Å². The average Bonchev–Trinajstić information content (AvgIpc) is 2.77. The van der Waals surface area contributed by atoms with Crippen LogP contribution in [0.4, 0.5) is 0 Å². The minimum absolute atomic E-state index is 0.105. The molecule has 4 saturated carbocycles. The zero-order valence-electron chi connectivity index (χ0n) is 18.3. The summed E-state index contributed by atoms with van der Waals surface area (Å²) in [6.07, 6.45) is 12.2. The van der Waals surface area contributed by atoms with Gasteiger partial charge in [0.25, 0.3) is 5.91 Å². The molecule has 0 atom stereocenters. The topological polar surface area (TPSA) is 58.2 Å². The van der Waals surface area contributed by atoms with Crippen LogP contribution in [-0.4, -0.2) is 17.4 Å². The Morgan fingerprint density at radius 2 is 1.31 bits per heavy atom. The molecule has 2 amide bonds. The minimum Gasteiger partial charge on any atom is -0.345 e. The molecule has 6 rings (SSSR count). The van der Waals surface area contributed by atoms with E-state index in [0.29, 0.717) is 5.70 Å². The summed E-state index contributed by atoms with van der Waals surface area (Å²) in [5.74, 6) is 1.73. The van der Waals surface area contributed by atoms with E-state index in [-0.39, 0.29) is 17.4 Å². The van der Waals surface area contributed by atoms with Crippen LogP contribution in [0.1, 0.15) is 49.7 Å². The molecule has 32 heavy (non-hydrogen) atoms. The van der Waals surface area contributed by atoms with E-state index in [9.17, 15) is 9.59 Å². The van der Waals surface area contributed by atoms with Gasteiger partial charge in [0, 0.05) is 11.6 Å². The number of benzene rings is 2. The molecule has 0 spiro atoms. The Morgan fingerprint density at radius 3 is 1.88 bits per heavy atom. The fourth-order valence-corrected chi connectivity index (χ4v) is 6.36. The fraction of sp³-hybridized carbons (Fsp3) is 0.357. The Bertz CT molecular complexity index is 1000. The maximum Gasteiger partial charge on any atom is 0.268 e. The molecule has 4 fully saturated rings. The predicted molar refractivity (Wildman–Crippen MR) is 127 cm³/mol. The molecule has 0 aliphatic heterocycles. The van der Waals surface area contributed by atoms with Gasteiger partial charge < -0.3 is 10.6 Å². The third kappa shape index (κ3) is 4.69. The average molecular weight is 427 g/mol. The highest BCUT2D eigenvalue weighted by Crippen LogP contribution is 2.55. The van der Waals surface area contributed by atoms with Gasteiger partial charge in [-0.05, 0) is 79.6 Å². The predicted octanol–water partition coefficient (Wildman–Crippen LogP) is 4.94. The van der Waals surface area contributed by atoms with Gasteiger partial charge in [-0.25, -0.2) is 0 Å². The van der Waals surface area contributed by atoms with Crippen molar-refractivity contribution in [2.24, 2.45) is 17.8 Å². The van der Waals surface area contributed by atoms with Gasteiger partial charge in [-0.3, -0.25) is 9.59 Å². The molecule has 0 radical (unpaired) electrons. The van der Waals surface area contributed by atoms with Crippen LogP contribution >= 0.6 is 0 Å². The number of nitrogens with one attached hydrogen (secondary N) is 2. The van der Waals surface area contributed by atoms with Crippen molar-refractivity contribution < 1.29 is 9.59 Å². The van der Waals surface area contributed by atoms with Crippen LogP contribution in [0.3, 0.4) is 0 Å². The van der Waals surface area contributed by atoms with Crippen molar-refractivity contribution in [3.63, 3.8) is 0 Å². The maximum absolute atomic E-state index is 13.4. The number of hydrogen-bond acceptors (Lipinski definition) is 2. The van der Waals surface area contributed by atoms with Crippen molar-refractivity contribution in [2.45, 2.75) is 44.1 Å². The van der Waals surface area contributed by atoms with Crippen molar-refractivity contribution in [2.75, 3.05) is 0 Å². The van der Waals surface area contributed by atoms with E-state index in [4.69, 9.17) is 0 Å². The highest BCUT2D eigenvalue weighted by atomic mass is 16.2. The molecule has 4 aliphatic carbocycles. The summed E-state index contributed by atoms with van der Waals surface area (Å²) < 4.78 is 0. The van der Waals surface area contributed by atoms with Gasteiger partial charge in [-0.1, -0.05) is 60.7 Å². The molecule has 2 N–H and O–H groups in total. The lowest BCUT2D eigenvalue weighted by Gasteiger charge is -2.56. The molecule has 4 nitrogen and oxygen atoms in total. The van der Waals surface area contributed by atoms with E-state index < -0.39 is 0 Å². The highest BCUT2D eigenvalue weighted by molar-refractivity contribution is 6.04. The SMILES string of the molecule is O=C(/C=C/c1ccccc1)N/C(=C\c1ccccc1)C(=O)NC12CC3CC(CC(C3)C1)C2. The lowest BCUT2D eigenvalue weighted by molar-refractivity contribution is -0.125. The standard InChI is InChI=1S/C28H30N2O2/c31-26(12-11-20-7-3-1-4-8-20)29-25(16-21-9-5-2-6-10-21)27(32)30-28-17-22-13-23(18-28)15-24(14-22)19-28/h1-12,16,22-24H,13-15,17-19H2,(H,29,31)(H,30,32)/b12-11+,25-16-. The molecular formula is C28H30N2O2. The number of carbonyl (C=O) groups excluding carboxylic acids is 2. The third-order valence-electron chi connectivity index (χ3n) is 7.26. The lowest BCUT2D eigenvalue weighted by atomic mass is 9.53. The summed E-state index contributed by atoms with van der Waals surface area (Å²) in [6.45, 7) is 0. The second-order valence-corrected chi connectivity index (χ2v) is 9.85. The first-order valence-electron chi connectivity index (χ1n) is 11.7. The molecule has 0 heterocycles. The van der Waals surface area contributed by atoms with E-state index in [1.54, 1.807) is 12.2 Å². The Hall–Kier alpha value is -3.14. The molecule has 2 aromatic rings. The van der Waals surface area contributed by atoms with Gasteiger partial charge >= 0.3 is 0 Å². The molecule has 0 saturated heterocycles. The Morgan fingerprint density at radius 1 is 0.781 bits per heavy atom. The van der Waals surface area contributed by atoms with Crippen LogP contribution in [0.2, 0.25) is 0 Å². The normalized spacial score (nSPS) is 28.6. The second kappa shape index (κ2) is 8.78. The molecule has 4 bridgehead atoms. The van der Waals surface area contributed by atoms with E-state index in [1.165, 1.54) is 25.3 Å². The summed E-state index contributed by atoms with van der Waals surface area (Å²) >= 11 is 0. The van der Waals surface area contributed by atoms with Gasteiger partial charge in [-0.2, -0.15) is 0 Å². The molecule has 164 valence electrons. The summed E-state index contributed by atoms with van der Waals surface area (Å²) in [7, 11) is 0. The van der Waals surface area contributed by atoms with Crippen LogP contribution in [-0.2, 0) is 9.59 Å². The Kier molecular flexibility index (Phi) is 5.69. The van der Waals surface area contributed by atoms with Crippen LogP contribution in [0.5, 0.6) is 0 Å². The molecular weight excluding hydrogens is 396 g/mol. The van der Waals surface area contributed by atoms with E-state index in [1.807, 2.05) is 60.7 Å². The molecule has 4 heteroatoms. The number of amides is 2. The fourth-order valence-electron chi connectivity index (χ4n) is 6.36. The quantitative estimate of drug-likeness (QED) is 0.643. The zero-order valence-corrected chi connectivity index (χ0v) is 18.3. The molecule has 2 aromatic carbocycles. The number of hydrogen-bond donors (Lipinski definition) is 2. The van der Waals surface area contributed by atoms with Crippen molar-refractivity contribution in [1.29, 1.82) is 0 Å². The number of rotatable bonds is 6. The Balaban J connectivity index is 1.34. The monoisotopic (exact) mass is 426 g/mol. The van der Waals surface area contributed by atoms with Crippen molar-refractivity contribution >= 4 is 24.0 Å². The van der Waals surface area contributed by atoms with E-state index in [0.717, 1.165) is 48.1 Å². The summed E-state index contributed by atoms with van der Waals surface area (Å²) in [4.78, 5) is 26.1. The lowest BCUT2D eigenvalue weighted by Crippen LogP contribution is -2.60. The third-order valence-corrected chi connectivity index (χ3v) is 7.26. The summed E-state index contributed by atoms with van der Waals surface area (Å²) in [5.41, 5.74) is 2.02. The largest absolute Gasteiger partial charge is 0.345 e. The van der Waals surface area contributed by atoms with Crippen LogP contribution in [0, 0.1) is 17.8 Å². The number of carbonyl (C=O) groups is 2. The molecule has 0 aromatic heterocycles. The smallest absolute Gasteiger partial charge is 0.268 e. The van der Waals surface area contributed by atoms with E-state index in [2.05, 4.69) is 10.6 Å². The molecule has 4 aliphatic rings. The first-order chi connectivity index (χ1) is 15.6. The molecule has 0 unspecified atom stereocenters. The maximum atomic E-state index is 13.4. The summed E-state index contributed by atoms with van der Waals surface area (Å²) in [5, 5.41) is 6.22.